The quantitative estimate of drug-likeness (QED) is 0.187. The Hall–Kier alpha value is -5.88. The second-order valence-corrected chi connectivity index (χ2v) is 9.29. The summed E-state index contributed by atoms with van der Waals surface area (Å²) in [4.78, 5) is 0. The molecule has 1 heterocycles. The number of rotatable bonds is 0. The summed E-state index contributed by atoms with van der Waals surface area (Å²) in [6.07, 6.45) is 0. The Morgan fingerprint density at radius 2 is 0.262 bits per heavy atom. The van der Waals surface area contributed by atoms with Crippen LogP contribution in [0.4, 0.5) is 0 Å². The summed E-state index contributed by atoms with van der Waals surface area (Å²) < 4.78 is 38.3. The van der Waals surface area contributed by atoms with Gasteiger partial charge < -0.3 is 28.4 Å². The summed E-state index contributed by atoms with van der Waals surface area (Å²) in [5, 5.41) is 0. The minimum atomic E-state index is 0.506. The Bertz CT molecular complexity index is 1390. The second kappa shape index (κ2) is 11.3. The van der Waals surface area contributed by atoms with Gasteiger partial charge in [0.05, 0.1) is 0 Å². The van der Waals surface area contributed by atoms with Crippen molar-refractivity contribution < 1.29 is 28.4 Å². The topological polar surface area (TPSA) is 55.4 Å². The Kier molecular flexibility index (Phi) is 6.76. The van der Waals surface area contributed by atoms with Crippen molar-refractivity contribution in [1.29, 1.82) is 0 Å². The molecule has 0 fully saturated rings. The molecule has 0 radical (unpaired) electrons. The maximum absolute atomic E-state index is 6.38. The van der Waals surface area contributed by atoms with Crippen LogP contribution in [0.3, 0.4) is 0 Å². The maximum Gasteiger partial charge on any atom is 0.170 e. The van der Waals surface area contributed by atoms with Crippen LogP contribution in [0, 0.1) is 0 Å². The zero-order chi connectivity index (χ0) is 28.1. The summed E-state index contributed by atoms with van der Waals surface area (Å²) in [6, 6.07) is 44.7. The highest BCUT2D eigenvalue weighted by atomic mass is 16.6. The van der Waals surface area contributed by atoms with Crippen molar-refractivity contribution in [1.82, 2.24) is 0 Å². The van der Waals surface area contributed by atoms with Crippen molar-refractivity contribution in [2.75, 3.05) is 0 Å². The third-order valence-corrected chi connectivity index (χ3v) is 6.41. The van der Waals surface area contributed by atoms with E-state index in [9.17, 15) is 0 Å². The van der Waals surface area contributed by atoms with E-state index in [1.807, 2.05) is 146 Å². The van der Waals surface area contributed by atoms with Crippen LogP contribution in [0.2, 0.25) is 0 Å². The van der Waals surface area contributed by atoms with Gasteiger partial charge in [0.15, 0.2) is 69.0 Å². The molecule has 6 aromatic rings. The van der Waals surface area contributed by atoms with Crippen molar-refractivity contribution >= 4 is 0 Å². The molecular weight excluding hydrogens is 528 g/mol. The standard InChI is InChI=1S/C36H24O6/c1-2-14-26-25(13-1)37-27-15-3-4-16-28(27)39-31-19-7-8-20-32(31)41-35-23-11-12-24-36(35)42-34-22-10-9-21-33(34)40-30-18-6-5-17-29(30)38-26/h1-24H. The molecule has 1 aliphatic heterocycles. The molecule has 6 heteroatoms. The van der Waals surface area contributed by atoms with Gasteiger partial charge in [0.1, 0.15) is 0 Å². The Morgan fingerprint density at radius 3 is 0.357 bits per heavy atom. The molecule has 204 valence electrons. The maximum atomic E-state index is 6.38. The van der Waals surface area contributed by atoms with Crippen LogP contribution in [0.1, 0.15) is 0 Å². The number of hydrogen-bond donors (Lipinski definition) is 0. The highest BCUT2D eigenvalue weighted by Gasteiger charge is 2.18. The highest BCUT2D eigenvalue weighted by Crippen LogP contribution is 2.46. The molecule has 0 bridgehead atoms. The predicted octanol–water partition coefficient (Wildman–Crippen LogP) is 10.8. The lowest BCUT2D eigenvalue weighted by atomic mass is 10.2. The number of fused-ring (bicyclic) bond motifs is 6. The van der Waals surface area contributed by atoms with Gasteiger partial charge in [-0.3, -0.25) is 0 Å². The Balaban J connectivity index is 1.38. The predicted molar refractivity (Wildman–Crippen MR) is 159 cm³/mol. The van der Waals surface area contributed by atoms with Crippen LogP contribution in [-0.4, -0.2) is 0 Å². The van der Waals surface area contributed by atoms with E-state index in [0.29, 0.717) is 69.0 Å². The lowest BCUT2D eigenvalue weighted by Gasteiger charge is -2.19. The molecular formula is C36H24O6. The van der Waals surface area contributed by atoms with Gasteiger partial charge in [-0.15, -0.1) is 0 Å². The van der Waals surface area contributed by atoms with E-state index in [1.165, 1.54) is 0 Å². The van der Waals surface area contributed by atoms with Gasteiger partial charge in [-0.2, -0.15) is 0 Å². The summed E-state index contributed by atoms with van der Waals surface area (Å²) in [5.74, 6) is 6.07. The molecule has 0 saturated carbocycles. The molecule has 1 aliphatic rings. The number of hydrogen-bond acceptors (Lipinski definition) is 6. The van der Waals surface area contributed by atoms with Gasteiger partial charge in [0, 0.05) is 0 Å². The van der Waals surface area contributed by atoms with E-state index < -0.39 is 0 Å². The molecule has 0 spiro atoms. The zero-order valence-electron chi connectivity index (χ0n) is 22.3. The van der Waals surface area contributed by atoms with Gasteiger partial charge >= 0.3 is 0 Å². The van der Waals surface area contributed by atoms with Crippen molar-refractivity contribution in [3.63, 3.8) is 0 Å². The van der Waals surface area contributed by atoms with E-state index in [2.05, 4.69) is 0 Å². The minimum absolute atomic E-state index is 0.506. The summed E-state index contributed by atoms with van der Waals surface area (Å²) >= 11 is 0. The smallest absolute Gasteiger partial charge is 0.170 e. The largest absolute Gasteiger partial charge is 0.450 e. The molecule has 7 rings (SSSR count). The third-order valence-electron chi connectivity index (χ3n) is 6.41. The molecule has 0 aromatic heterocycles. The molecule has 6 aromatic carbocycles. The lowest BCUT2D eigenvalue weighted by molar-refractivity contribution is 0.359. The Morgan fingerprint density at radius 1 is 0.167 bits per heavy atom. The first-order valence-corrected chi connectivity index (χ1v) is 13.4. The first-order chi connectivity index (χ1) is 20.8. The van der Waals surface area contributed by atoms with Crippen LogP contribution in [0.15, 0.2) is 146 Å². The molecule has 0 amide bonds. The van der Waals surface area contributed by atoms with Crippen molar-refractivity contribution in [2.24, 2.45) is 0 Å². The van der Waals surface area contributed by atoms with Crippen LogP contribution < -0.4 is 28.4 Å². The number of para-hydroxylation sites is 12. The van der Waals surface area contributed by atoms with Crippen LogP contribution in [-0.2, 0) is 0 Å². The average molecular weight is 553 g/mol. The highest BCUT2D eigenvalue weighted by molar-refractivity contribution is 5.56. The molecule has 0 N–H and O–H groups in total. The van der Waals surface area contributed by atoms with Crippen molar-refractivity contribution in [3.05, 3.63) is 146 Å². The first-order valence-electron chi connectivity index (χ1n) is 13.4. The first kappa shape index (κ1) is 25.1. The summed E-state index contributed by atoms with van der Waals surface area (Å²) in [6.45, 7) is 0. The molecule has 0 aliphatic carbocycles. The third kappa shape index (κ3) is 5.29. The van der Waals surface area contributed by atoms with Crippen molar-refractivity contribution in [3.8, 4) is 69.0 Å². The van der Waals surface area contributed by atoms with Crippen molar-refractivity contribution in [2.45, 2.75) is 0 Å². The SMILES string of the molecule is c1ccc2c(c1)Oc1ccccc1Oc1ccccc1Oc1ccccc1Oc1ccccc1Oc1ccccc1O2. The van der Waals surface area contributed by atoms with Gasteiger partial charge in [-0.05, 0) is 72.8 Å². The van der Waals surface area contributed by atoms with E-state index in [0.717, 1.165) is 0 Å². The Labute approximate surface area is 242 Å². The van der Waals surface area contributed by atoms with Gasteiger partial charge in [0.25, 0.3) is 0 Å². The summed E-state index contributed by atoms with van der Waals surface area (Å²) in [5.41, 5.74) is 0. The van der Waals surface area contributed by atoms with Gasteiger partial charge in [-0.1, -0.05) is 72.8 Å². The lowest BCUT2D eigenvalue weighted by Crippen LogP contribution is -1.97. The van der Waals surface area contributed by atoms with E-state index >= 15 is 0 Å². The van der Waals surface area contributed by atoms with Gasteiger partial charge in [0.2, 0.25) is 0 Å². The molecule has 0 saturated heterocycles. The normalized spacial score (nSPS) is 12.0. The average Bonchev–Trinajstić information content (AvgIpc) is 3.02. The number of ether oxygens (including phenoxy) is 6. The molecule has 0 unspecified atom stereocenters. The fraction of sp³-hybridized carbons (Fsp3) is 0. The van der Waals surface area contributed by atoms with Crippen LogP contribution in [0.5, 0.6) is 69.0 Å². The minimum Gasteiger partial charge on any atom is -0.450 e. The van der Waals surface area contributed by atoms with E-state index in [1.54, 1.807) is 0 Å². The van der Waals surface area contributed by atoms with Crippen LogP contribution >= 0.6 is 0 Å². The number of benzene rings is 6. The fourth-order valence-corrected chi connectivity index (χ4v) is 4.42. The second-order valence-electron chi connectivity index (χ2n) is 9.29. The van der Waals surface area contributed by atoms with E-state index in [4.69, 9.17) is 28.4 Å². The molecule has 0 atom stereocenters. The monoisotopic (exact) mass is 552 g/mol. The molecule has 6 nitrogen and oxygen atoms in total. The fourth-order valence-electron chi connectivity index (χ4n) is 4.42. The van der Waals surface area contributed by atoms with Crippen LogP contribution in [0.25, 0.3) is 0 Å². The summed E-state index contributed by atoms with van der Waals surface area (Å²) in [7, 11) is 0. The van der Waals surface area contributed by atoms with E-state index in [-0.39, 0.29) is 0 Å². The van der Waals surface area contributed by atoms with Gasteiger partial charge in [-0.25, -0.2) is 0 Å². The molecule has 42 heavy (non-hydrogen) atoms. The zero-order valence-corrected chi connectivity index (χ0v) is 22.3.